The number of fused-ring (bicyclic) bond motifs is 1. The quantitative estimate of drug-likeness (QED) is 0.257. The molecule has 3 aromatic carbocycles. The van der Waals surface area contributed by atoms with Gasteiger partial charge in [0.15, 0.2) is 23.0 Å². The number of benzene rings is 3. The van der Waals surface area contributed by atoms with Gasteiger partial charge in [-0.2, -0.15) is 0 Å². The number of rotatable bonds is 5. The van der Waals surface area contributed by atoms with E-state index in [4.69, 9.17) is 20.3 Å². The summed E-state index contributed by atoms with van der Waals surface area (Å²) in [4.78, 5) is 27.3. The van der Waals surface area contributed by atoms with E-state index in [2.05, 4.69) is 4.98 Å². The fourth-order valence-electron chi connectivity index (χ4n) is 3.16. The number of hydrogen-bond donors (Lipinski definition) is 4. The number of methoxy groups -OCH3 is 2. The van der Waals surface area contributed by atoms with Crippen LogP contribution in [0.3, 0.4) is 0 Å². The normalized spacial score (nSPS) is 10.3. The van der Waals surface area contributed by atoms with E-state index < -0.39 is 5.97 Å². The van der Waals surface area contributed by atoms with Crippen molar-refractivity contribution in [3.05, 3.63) is 82.4 Å². The lowest BCUT2D eigenvalue weighted by Crippen LogP contribution is -2.21. The highest BCUT2D eigenvalue weighted by Crippen LogP contribution is 2.31. The van der Waals surface area contributed by atoms with Gasteiger partial charge in [0.25, 0.3) is 5.56 Å². The van der Waals surface area contributed by atoms with Gasteiger partial charge in [0.1, 0.15) is 0 Å². The number of nitrogen functional groups attached to an aromatic ring is 1. The zero-order valence-electron chi connectivity index (χ0n) is 18.4. The van der Waals surface area contributed by atoms with Gasteiger partial charge in [-0.1, -0.05) is 30.3 Å². The molecule has 4 rings (SSSR count). The minimum Gasteiger partial charge on any atom is -0.504 e. The fraction of sp³-hybridized carbons (Fsp3) is 0.125. The molecule has 0 atom stereocenters. The first-order chi connectivity index (χ1) is 16.2. The molecule has 0 saturated heterocycles. The summed E-state index contributed by atoms with van der Waals surface area (Å²) in [5, 5.41) is 28.0. The van der Waals surface area contributed by atoms with E-state index in [-0.39, 0.29) is 34.1 Å². The summed E-state index contributed by atoms with van der Waals surface area (Å²) in [6.45, 7) is 0.440. The third-order valence-electron chi connectivity index (χ3n) is 4.90. The minimum atomic E-state index is -1.18. The molecule has 0 saturated carbocycles. The molecular formula is C24H23N3O7. The second-order valence-electron chi connectivity index (χ2n) is 7.12. The Kier molecular flexibility index (Phi) is 7.22. The number of phenolic OH excluding ortho intramolecular Hbond substituents is 2. The van der Waals surface area contributed by atoms with Gasteiger partial charge in [-0.3, -0.25) is 9.36 Å². The summed E-state index contributed by atoms with van der Waals surface area (Å²) in [5.41, 5.74) is 6.63. The van der Waals surface area contributed by atoms with Crippen LogP contribution in [-0.2, 0) is 6.54 Å². The fourth-order valence-corrected chi connectivity index (χ4v) is 3.16. The van der Waals surface area contributed by atoms with Gasteiger partial charge >= 0.3 is 5.97 Å². The minimum absolute atomic E-state index is 0.0575. The van der Waals surface area contributed by atoms with Gasteiger partial charge in [0.05, 0.1) is 49.2 Å². The summed E-state index contributed by atoms with van der Waals surface area (Å²) in [7, 11) is 2.81. The van der Waals surface area contributed by atoms with E-state index in [9.17, 15) is 19.8 Å². The number of nitrogens with zero attached hydrogens (tertiary/aromatic N) is 2. The molecule has 0 unspecified atom stereocenters. The lowest BCUT2D eigenvalue weighted by Gasteiger charge is -2.08. The van der Waals surface area contributed by atoms with Gasteiger partial charge < -0.3 is 30.5 Å². The van der Waals surface area contributed by atoms with Gasteiger partial charge in [-0.15, -0.1) is 0 Å². The number of carboxylic acids is 1. The van der Waals surface area contributed by atoms with E-state index in [1.54, 1.807) is 6.07 Å². The third kappa shape index (κ3) is 5.18. The Morgan fingerprint density at radius 2 is 1.62 bits per heavy atom. The third-order valence-corrected chi connectivity index (χ3v) is 4.90. The SMILES string of the molecule is COc1cc(N)c(C(=O)O)cc1O.COc1cc2ncn(Cc3ccccc3)c(=O)c2cc1O. The predicted molar refractivity (Wildman–Crippen MR) is 126 cm³/mol. The maximum Gasteiger partial charge on any atom is 0.337 e. The van der Waals surface area contributed by atoms with Crippen molar-refractivity contribution in [1.29, 1.82) is 0 Å². The lowest BCUT2D eigenvalue weighted by molar-refractivity contribution is 0.0697. The first-order valence-electron chi connectivity index (χ1n) is 9.95. The highest BCUT2D eigenvalue weighted by Gasteiger charge is 2.12. The van der Waals surface area contributed by atoms with Crippen LogP contribution < -0.4 is 20.8 Å². The molecule has 176 valence electrons. The van der Waals surface area contributed by atoms with Crippen molar-refractivity contribution >= 4 is 22.6 Å². The molecule has 5 N–H and O–H groups in total. The van der Waals surface area contributed by atoms with Crippen LogP contribution in [0.2, 0.25) is 0 Å². The number of carboxylic acid groups (broad SMARTS) is 1. The molecule has 0 bridgehead atoms. The van der Waals surface area contributed by atoms with E-state index in [0.29, 0.717) is 23.2 Å². The zero-order valence-corrected chi connectivity index (χ0v) is 18.4. The molecule has 4 aromatic rings. The lowest BCUT2D eigenvalue weighted by atomic mass is 10.1. The molecule has 0 aliphatic carbocycles. The number of ether oxygens (including phenoxy) is 2. The summed E-state index contributed by atoms with van der Waals surface area (Å²) < 4.78 is 11.3. The number of phenols is 2. The number of hydrogen-bond acceptors (Lipinski definition) is 8. The van der Waals surface area contributed by atoms with E-state index in [1.165, 1.54) is 37.2 Å². The average Bonchev–Trinajstić information content (AvgIpc) is 2.83. The van der Waals surface area contributed by atoms with Crippen molar-refractivity contribution in [2.24, 2.45) is 0 Å². The number of aromatic carboxylic acids is 1. The Labute approximate surface area is 194 Å². The Hall–Kier alpha value is -4.73. The highest BCUT2D eigenvalue weighted by atomic mass is 16.5. The number of aromatic nitrogens is 2. The predicted octanol–water partition coefficient (Wildman–Crippen LogP) is 2.84. The first kappa shape index (κ1) is 23.9. The molecule has 10 heteroatoms. The monoisotopic (exact) mass is 465 g/mol. The zero-order chi connectivity index (χ0) is 24.8. The van der Waals surface area contributed by atoms with Crippen LogP contribution in [0, 0.1) is 0 Å². The summed E-state index contributed by atoms with van der Waals surface area (Å²) >= 11 is 0. The highest BCUT2D eigenvalue weighted by molar-refractivity contribution is 5.94. The maximum absolute atomic E-state index is 12.5. The molecular weight excluding hydrogens is 442 g/mol. The van der Waals surface area contributed by atoms with Crippen LogP contribution in [0.1, 0.15) is 15.9 Å². The van der Waals surface area contributed by atoms with Gasteiger partial charge in [0.2, 0.25) is 0 Å². The molecule has 0 aliphatic rings. The second-order valence-corrected chi connectivity index (χ2v) is 7.12. The van der Waals surface area contributed by atoms with Crippen molar-refractivity contribution in [1.82, 2.24) is 9.55 Å². The number of carbonyl (C=O) groups is 1. The molecule has 0 amide bonds. The Balaban J connectivity index is 0.000000215. The van der Waals surface area contributed by atoms with Crippen molar-refractivity contribution in [2.45, 2.75) is 6.54 Å². The van der Waals surface area contributed by atoms with E-state index in [0.717, 1.165) is 11.6 Å². The van der Waals surface area contributed by atoms with Crippen LogP contribution in [0.15, 0.2) is 65.7 Å². The average molecular weight is 465 g/mol. The molecule has 1 aromatic heterocycles. The standard InChI is InChI=1S/C16H14N2O3.C8H9NO4/c1-21-15-8-13-12(7-14(15)19)16(20)18(10-17-13)9-11-5-3-2-4-6-11;1-13-7-3-5(9)4(8(11)12)2-6(7)10/h2-8,10,19H,9H2,1H3;2-3,10H,9H2,1H3,(H,11,12). The van der Waals surface area contributed by atoms with Gasteiger partial charge in [0, 0.05) is 18.2 Å². The molecule has 34 heavy (non-hydrogen) atoms. The van der Waals surface area contributed by atoms with Crippen molar-refractivity contribution in [3.63, 3.8) is 0 Å². The van der Waals surface area contributed by atoms with Gasteiger partial charge in [-0.25, -0.2) is 9.78 Å². The molecule has 0 radical (unpaired) electrons. The molecule has 0 aliphatic heterocycles. The van der Waals surface area contributed by atoms with E-state index >= 15 is 0 Å². The van der Waals surface area contributed by atoms with Crippen LogP contribution in [0.4, 0.5) is 5.69 Å². The Morgan fingerprint density at radius 1 is 1.00 bits per heavy atom. The molecule has 0 spiro atoms. The molecule has 0 fully saturated rings. The van der Waals surface area contributed by atoms with Crippen LogP contribution in [0.25, 0.3) is 10.9 Å². The van der Waals surface area contributed by atoms with Crippen molar-refractivity contribution in [2.75, 3.05) is 20.0 Å². The largest absolute Gasteiger partial charge is 0.504 e. The topological polar surface area (TPSA) is 157 Å². The van der Waals surface area contributed by atoms with Crippen LogP contribution in [0.5, 0.6) is 23.0 Å². The second kappa shape index (κ2) is 10.3. The van der Waals surface area contributed by atoms with Gasteiger partial charge in [-0.05, 0) is 11.6 Å². The summed E-state index contributed by atoms with van der Waals surface area (Å²) in [6.07, 6.45) is 1.51. The Morgan fingerprint density at radius 3 is 2.24 bits per heavy atom. The number of aromatic hydroxyl groups is 2. The van der Waals surface area contributed by atoms with Crippen molar-refractivity contribution < 1.29 is 29.6 Å². The smallest absolute Gasteiger partial charge is 0.337 e. The van der Waals surface area contributed by atoms with E-state index in [1.807, 2.05) is 30.3 Å². The van der Waals surface area contributed by atoms with Crippen LogP contribution in [-0.4, -0.2) is 45.1 Å². The Bertz CT molecular complexity index is 1390. The number of nitrogens with two attached hydrogens (primary N) is 1. The molecule has 1 heterocycles. The van der Waals surface area contributed by atoms with Crippen molar-refractivity contribution in [3.8, 4) is 23.0 Å². The maximum atomic E-state index is 12.5. The molecule has 10 nitrogen and oxygen atoms in total. The first-order valence-corrected chi connectivity index (χ1v) is 9.95. The van der Waals surface area contributed by atoms with Crippen LogP contribution >= 0.6 is 0 Å². The summed E-state index contributed by atoms with van der Waals surface area (Å²) in [6, 6.07) is 14.9. The number of anilines is 1. The summed E-state index contributed by atoms with van der Waals surface area (Å²) in [5.74, 6) is -1.04.